The third-order valence-electron chi connectivity index (χ3n) is 2.11. The molecule has 0 bridgehead atoms. The van der Waals surface area contributed by atoms with E-state index in [-0.39, 0.29) is 6.20 Å². The first-order valence-electron chi connectivity index (χ1n) is 4.52. The molecule has 0 fully saturated rings. The summed E-state index contributed by atoms with van der Waals surface area (Å²) in [4.78, 5) is 1.47. The molecule has 1 rings (SSSR count). The van der Waals surface area contributed by atoms with Gasteiger partial charge in [0.05, 0.1) is 10.5 Å². The van der Waals surface area contributed by atoms with Crippen LogP contribution in [0.2, 0.25) is 0 Å². The molecule has 0 aliphatic heterocycles. The van der Waals surface area contributed by atoms with Crippen LogP contribution in [0.4, 0.5) is 22.0 Å². The van der Waals surface area contributed by atoms with Crippen LogP contribution in [-0.2, 0) is 21.8 Å². The number of hydrogen-bond acceptors (Lipinski definition) is 4. The second-order valence-corrected chi connectivity index (χ2v) is 5.81. The average Bonchev–Trinajstić information content (AvgIpc) is 2.24. The standard InChI is InChI=1S/C8H6ClF5N2O2S/c9-19(17,18)5-3(1-15)6(8(12,13)14)16-2-4(5)7(10)11/h2,7H,1,15H2. The van der Waals surface area contributed by atoms with Crippen molar-refractivity contribution in [3.8, 4) is 0 Å². The highest BCUT2D eigenvalue weighted by atomic mass is 35.7. The molecule has 1 aromatic rings. The SMILES string of the molecule is NCc1c(C(F)(F)F)ncc(C(F)F)c1S(=O)(=O)Cl. The summed E-state index contributed by atoms with van der Waals surface area (Å²) in [5.41, 5.74) is 1.05. The molecular weight excluding hydrogens is 319 g/mol. The fourth-order valence-electron chi connectivity index (χ4n) is 1.43. The Kier molecular flexibility index (Phi) is 4.37. The van der Waals surface area contributed by atoms with Crippen molar-refractivity contribution in [1.82, 2.24) is 4.98 Å². The Bertz CT molecular complexity index is 588. The Morgan fingerprint density at radius 2 is 1.89 bits per heavy atom. The van der Waals surface area contributed by atoms with E-state index in [2.05, 4.69) is 4.98 Å². The van der Waals surface area contributed by atoms with Gasteiger partial charge in [0.2, 0.25) is 0 Å². The monoisotopic (exact) mass is 324 g/mol. The molecule has 11 heteroatoms. The van der Waals surface area contributed by atoms with Crippen LogP contribution >= 0.6 is 10.7 Å². The van der Waals surface area contributed by atoms with Gasteiger partial charge in [-0.15, -0.1) is 0 Å². The molecule has 0 saturated carbocycles. The van der Waals surface area contributed by atoms with Gasteiger partial charge in [-0.25, -0.2) is 17.2 Å². The Morgan fingerprint density at radius 3 is 2.21 bits per heavy atom. The van der Waals surface area contributed by atoms with Crippen molar-refractivity contribution in [3.63, 3.8) is 0 Å². The number of nitrogens with zero attached hydrogens (tertiary/aromatic N) is 1. The molecule has 0 aliphatic rings. The Morgan fingerprint density at radius 1 is 1.37 bits per heavy atom. The summed E-state index contributed by atoms with van der Waals surface area (Å²) in [6.07, 6.45) is -8.27. The van der Waals surface area contributed by atoms with Crippen molar-refractivity contribution in [3.05, 3.63) is 23.0 Å². The molecule has 0 spiro atoms. The van der Waals surface area contributed by atoms with E-state index in [0.717, 1.165) is 0 Å². The molecule has 0 aromatic carbocycles. The Hall–Kier alpha value is -1.00. The summed E-state index contributed by atoms with van der Waals surface area (Å²) in [5, 5.41) is 0. The second kappa shape index (κ2) is 5.17. The van der Waals surface area contributed by atoms with Gasteiger partial charge in [-0.3, -0.25) is 4.98 Å². The molecule has 0 saturated heterocycles. The lowest BCUT2D eigenvalue weighted by atomic mass is 10.1. The third kappa shape index (κ3) is 3.31. The van der Waals surface area contributed by atoms with Crippen LogP contribution in [0.15, 0.2) is 11.1 Å². The van der Waals surface area contributed by atoms with E-state index in [1.807, 2.05) is 0 Å². The molecule has 1 heterocycles. The molecule has 0 radical (unpaired) electrons. The zero-order chi connectivity index (χ0) is 15.0. The van der Waals surface area contributed by atoms with Gasteiger partial charge in [0.15, 0.2) is 0 Å². The smallest absolute Gasteiger partial charge is 0.326 e. The number of aromatic nitrogens is 1. The van der Waals surface area contributed by atoms with E-state index < -0.39 is 49.9 Å². The minimum atomic E-state index is -5.04. The van der Waals surface area contributed by atoms with Crippen LogP contribution in [0.1, 0.15) is 23.2 Å². The summed E-state index contributed by atoms with van der Waals surface area (Å²) < 4.78 is 85.4. The van der Waals surface area contributed by atoms with Crippen molar-refractivity contribution < 1.29 is 30.4 Å². The van der Waals surface area contributed by atoms with Crippen LogP contribution < -0.4 is 5.73 Å². The van der Waals surface area contributed by atoms with Crippen LogP contribution in [0.3, 0.4) is 0 Å². The van der Waals surface area contributed by atoms with E-state index in [9.17, 15) is 30.4 Å². The largest absolute Gasteiger partial charge is 0.433 e. The predicted molar refractivity (Wildman–Crippen MR) is 55.1 cm³/mol. The van der Waals surface area contributed by atoms with E-state index >= 15 is 0 Å². The van der Waals surface area contributed by atoms with E-state index in [0.29, 0.717) is 0 Å². The first kappa shape index (κ1) is 16.1. The molecule has 0 aliphatic carbocycles. The Balaban J connectivity index is 3.81. The Labute approximate surface area is 108 Å². The summed E-state index contributed by atoms with van der Waals surface area (Å²) in [7, 11) is 0.0702. The zero-order valence-corrected chi connectivity index (χ0v) is 10.5. The van der Waals surface area contributed by atoms with Gasteiger partial charge in [-0.05, 0) is 0 Å². The van der Waals surface area contributed by atoms with Gasteiger partial charge >= 0.3 is 6.18 Å². The molecule has 0 amide bonds. The van der Waals surface area contributed by atoms with Crippen LogP contribution in [0, 0.1) is 0 Å². The highest BCUT2D eigenvalue weighted by molar-refractivity contribution is 8.13. The normalized spacial score (nSPS) is 13.1. The van der Waals surface area contributed by atoms with Gasteiger partial charge in [0.1, 0.15) is 5.69 Å². The molecule has 1 aromatic heterocycles. The first-order chi connectivity index (χ1) is 8.50. The van der Waals surface area contributed by atoms with E-state index in [4.69, 9.17) is 16.4 Å². The minimum absolute atomic E-state index is 0.127. The molecular formula is C8H6ClF5N2O2S. The van der Waals surface area contributed by atoms with Gasteiger partial charge in [-0.1, -0.05) is 0 Å². The number of halogens is 6. The molecule has 0 atom stereocenters. The summed E-state index contributed by atoms with van der Waals surface area (Å²) in [6.45, 7) is -0.955. The number of nitrogens with two attached hydrogens (primary N) is 1. The van der Waals surface area contributed by atoms with Gasteiger partial charge in [-0.2, -0.15) is 13.2 Å². The quantitative estimate of drug-likeness (QED) is 0.684. The molecule has 2 N–H and O–H groups in total. The first-order valence-corrected chi connectivity index (χ1v) is 6.83. The number of alkyl halides is 5. The molecule has 108 valence electrons. The zero-order valence-electron chi connectivity index (χ0n) is 8.88. The van der Waals surface area contributed by atoms with Gasteiger partial charge in [0, 0.05) is 29.0 Å². The van der Waals surface area contributed by atoms with Crippen LogP contribution in [-0.4, -0.2) is 13.4 Å². The van der Waals surface area contributed by atoms with Gasteiger partial charge < -0.3 is 5.73 Å². The van der Waals surface area contributed by atoms with Crippen molar-refractivity contribution in [1.29, 1.82) is 0 Å². The maximum Gasteiger partial charge on any atom is 0.433 e. The predicted octanol–water partition coefficient (Wildman–Crippen LogP) is 2.42. The molecule has 0 unspecified atom stereocenters. The fourth-order valence-corrected chi connectivity index (χ4v) is 2.87. The van der Waals surface area contributed by atoms with Crippen molar-refractivity contribution in [2.75, 3.05) is 0 Å². The lowest BCUT2D eigenvalue weighted by Crippen LogP contribution is -2.19. The van der Waals surface area contributed by atoms with E-state index in [1.54, 1.807) is 0 Å². The maximum absolute atomic E-state index is 12.6. The number of pyridine rings is 1. The topological polar surface area (TPSA) is 73.0 Å². The third-order valence-corrected chi connectivity index (χ3v) is 3.54. The molecule has 19 heavy (non-hydrogen) atoms. The lowest BCUT2D eigenvalue weighted by molar-refractivity contribution is -0.142. The second-order valence-electron chi connectivity index (χ2n) is 3.31. The summed E-state index contributed by atoms with van der Waals surface area (Å²) >= 11 is 0. The molecule has 4 nitrogen and oxygen atoms in total. The summed E-state index contributed by atoms with van der Waals surface area (Å²) in [6, 6.07) is 0. The summed E-state index contributed by atoms with van der Waals surface area (Å²) in [5.74, 6) is 0. The lowest BCUT2D eigenvalue weighted by Gasteiger charge is -2.16. The highest BCUT2D eigenvalue weighted by Crippen LogP contribution is 2.38. The van der Waals surface area contributed by atoms with Gasteiger partial charge in [0.25, 0.3) is 15.5 Å². The highest BCUT2D eigenvalue weighted by Gasteiger charge is 2.39. The van der Waals surface area contributed by atoms with Crippen molar-refractivity contribution >= 4 is 19.7 Å². The average molecular weight is 325 g/mol. The maximum atomic E-state index is 12.6. The van der Waals surface area contributed by atoms with E-state index in [1.165, 1.54) is 0 Å². The van der Waals surface area contributed by atoms with Crippen LogP contribution in [0.25, 0.3) is 0 Å². The number of rotatable bonds is 3. The number of hydrogen-bond donors (Lipinski definition) is 1. The van der Waals surface area contributed by atoms with Crippen LogP contribution in [0.5, 0.6) is 0 Å². The van der Waals surface area contributed by atoms with Crippen molar-refractivity contribution in [2.24, 2.45) is 5.73 Å². The minimum Gasteiger partial charge on any atom is -0.326 e. The van der Waals surface area contributed by atoms with Crippen molar-refractivity contribution in [2.45, 2.75) is 24.0 Å². The fraction of sp³-hybridized carbons (Fsp3) is 0.375.